The lowest BCUT2D eigenvalue weighted by Crippen LogP contribution is -2.00. The third-order valence-electron chi connectivity index (χ3n) is 3.64. The fourth-order valence-electron chi connectivity index (χ4n) is 2.32. The van der Waals surface area contributed by atoms with Gasteiger partial charge in [0.15, 0.2) is 0 Å². The van der Waals surface area contributed by atoms with Crippen molar-refractivity contribution in [2.24, 2.45) is 0 Å². The molecule has 0 saturated heterocycles. The first-order chi connectivity index (χ1) is 11.7. The summed E-state index contributed by atoms with van der Waals surface area (Å²) in [6.07, 6.45) is 0. The maximum absolute atomic E-state index is 6.21. The summed E-state index contributed by atoms with van der Waals surface area (Å²) in [5, 5.41) is 3.40. The Morgan fingerprint density at radius 3 is 2.38 bits per heavy atom. The molecule has 3 nitrogen and oxygen atoms in total. The average molecular weight is 336 g/mol. The van der Waals surface area contributed by atoms with Gasteiger partial charge in [-0.15, -0.1) is 0 Å². The molecular formula is C20H20N2OS. The van der Waals surface area contributed by atoms with Crippen LogP contribution in [0.25, 0.3) is 0 Å². The van der Waals surface area contributed by atoms with Gasteiger partial charge in [0.05, 0.1) is 7.11 Å². The van der Waals surface area contributed by atoms with E-state index in [0.717, 1.165) is 33.5 Å². The summed E-state index contributed by atoms with van der Waals surface area (Å²) in [7, 11) is 1.67. The Kier molecular flexibility index (Phi) is 5.29. The molecule has 0 fully saturated rings. The molecule has 3 N–H and O–H groups in total. The number of benzene rings is 3. The summed E-state index contributed by atoms with van der Waals surface area (Å²) in [6.45, 7) is 0.783. The number of anilines is 2. The van der Waals surface area contributed by atoms with Crippen LogP contribution in [0.15, 0.2) is 82.6 Å². The van der Waals surface area contributed by atoms with Gasteiger partial charge in [0, 0.05) is 27.7 Å². The average Bonchev–Trinajstić information content (AvgIpc) is 2.63. The van der Waals surface area contributed by atoms with Gasteiger partial charge in [-0.25, -0.2) is 0 Å². The molecule has 3 aromatic rings. The number of ether oxygens (including phenoxy) is 1. The Bertz CT molecular complexity index is 788. The third-order valence-corrected chi connectivity index (χ3v) is 4.74. The zero-order valence-electron chi connectivity index (χ0n) is 13.5. The van der Waals surface area contributed by atoms with Crippen molar-refractivity contribution < 1.29 is 4.74 Å². The van der Waals surface area contributed by atoms with E-state index in [1.807, 2.05) is 48.5 Å². The van der Waals surface area contributed by atoms with Gasteiger partial charge in [0.2, 0.25) is 0 Å². The van der Waals surface area contributed by atoms with E-state index >= 15 is 0 Å². The number of nitrogens with one attached hydrogen (secondary N) is 1. The van der Waals surface area contributed by atoms with Gasteiger partial charge < -0.3 is 15.8 Å². The molecule has 0 aliphatic carbocycles. The molecule has 0 amide bonds. The van der Waals surface area contributed by atoms with Crippen LogP contribution in [0.3, 0.4) is 0 Å². The molecule has 0 aromatic heterocycles. The number of nitrogens with two attached hydrogens (primary N) is 1. The van der Waals surface area contributed by atoms with Crippen LogP contribution < -0.4 is 15.8 Å². The van der Waals surface area contributed by atoms with Gasteiger partial charge in [0.25, 0.3) is 0 Å². The smallest absolute Gasteiger partial charge is 0.118 e. The second-order valence-corrected chi connectivity index (χ2v) is 6.48. The molecule has 3 rings (SSSR count). The van der Waals surface area contributed by atoms with Crippen molar-refractivity contribution in [3.63, 3.8) is 0 Å². The van der Waals surface area contributed by atoms with E-state index in [-0.39, 0.29) is 0 Å². The molecule has 0 aliphatic rings. The highest BCUT2D eigenvalue weighted by Gasteiger charge is 2.04. The molecule has 122 valence electrons. The first kappa shape index (κ1) is 16.3. The van der Waals surface area contributed by atoms with Crippen molar-refractivity contribution in [2.75, 3.05) is 18.2 Å². The van der Waals surface area contributed by atoms with Gasteiger partial charge in [0.1, 0.15) is 5.75 Å². The fourth-order valence-corrected chi connectivity index (χ4v) is 3.16. The molecular weight excluding hydrogens is 316 g/mol. The highest BCUT2D eigenvalue weighted by atomic mass is 32.2. The molecule has 4 heteroatoms. The number of methoxy groups -OCH3 is 1. The minimum absolute atomic E-state index is 0.772. The maximum atomic E-state index is 6.21. The van der Waals surface area contributed by atoms with Gasteiger partial charge >= 0.3 is 0 Å². The topological polar surface area (TPSA) is 47.3 Å². The Morgan fingerprint density at radius 1 is 0.958 bits per heavy atom. The minimum Gasteiger partial charge on any atom is -0.497 e. The van der Waals surface area contributed by atoms with E-state index in [0.29, 0.717) is 0 Å². The lowest BCUT2D eigenvalue weighted by Gasteiger charge is -2.11. The fraction of sp³-hybridized carbons (Fsp3) is 0.100. The molecule has 0 saturated carbocycles. The Morgan fingerprint density at radius 2 is 1.71 bits per heavy atom. The second-order valence-electron chi connectivity index (χ2n) is 5.37. The predicted molar refractivity (Wildman–Crippen MR) is 102 cm³/mol. The molecule has 0 bridgehead atoms. The zero-order valence-corrected chi connectivity index (χ0v) is 14.3. The molecule has 0 radical (unpaired) electrons. The van der Waals surface area contributed by atoms with E-state index in [2.05, 4.69) is 29.6 Å². The largest absolute Gasteiger partial charge is 0.497 e. The van der Waals surface area contributed by atoms with Crippen LogP contribution in [0.1, 0.15) is 5.56 Å². The standard InChI is InChI=1S/C20H20N2OS/c1-23-17-8-10-18(11-9-17)24-20-12-7-16(13-19(20)21)22-14-15-5-3-2-4-6-15/h2-13,22H,14,21H2,1H3. The molecule has 0 atom stereocenters. The highest BCUT2D eigenvalue weighted by Crippen LogP contribution is 2.34. The number of nitrogen functional groups attached to an aromatic ring is 1. The lowest BCUT2D eigenvalue weighted by molar-refractivity contribution is 0.414. The summed E-state index contributed by atoms with van der Waals surface area (Å²) in [6, 6.07) is 24.4. The summed E-state index contributed by atoms with van der Waals surface area (Å²) >= 11 is 1.65. The summed E-state index contributed by atoms with van der Waals surface area (Å²) in [5.74, 6) is 0.854. The molecule has 0 aliphatic heterocycles. The molecule has 24 heavy (non-hydrogen) atoms. The van der Waals surface area contributed by atoms with E-state index < -0.39 is 0 Å². The maximum Gasteiger partial charge on any atom is 0.118 e. The number of hydrogen-bond donors (Lipinski definition) is 2. The first-order valence-electron chi connectivity index (χ1n) is 7.74. The van der Waals surface area contributed by atoms with Crippen molar-refractivity contribution in [3.8, 4) is 5.75 Å². The summed E-state index contributed by atoms with van der Waals surface area (Å²) in [5.41, 5.74) is 9.25. The molecule has 0 heterocycles. The van der Waals surface area contributed by atoms with Crippen molar-refractivity contribution in [2.45, 2.75) is 16.3 Å². The quantitative estimate of drug-likeness (QED) is 0.619. The first-order valence-corrected chi connectivity index (χ1v) is 8.55. The van der Waals surface area contributed by atoms with Gasteiger partial charge in [-0.05, 0) is 48.0 Å². The Labute approximate surface area is 146 Å². The van der Waals surface area contributed by atoms with Crippen LogP contribution in [-0.2, 0) is 6.54 Å². The molecule has 0 spiro atoms. The van der Waals surface area contributed by atoms with E-state index in [1.54, 1.807) is 18.9 Å². The summed E-state index contributed by atoms with van der Waals surface area (Å²) in [4.78, 5) is 2.18. The second kappa shape index (κ2) is 7.79. The van der Waals surface area contributed by atoms with Crippen LogP contribution in [0.4, 0.5) is 11.4 Å². The van der Waals surface area contributed by atoms with E-state index in [1.165, 1.54) is 5.56 Å². The Hall–Kier alpha value is -2.59. The van der Waals surface area contributed by atoms with Crippen molar-refractivity contribution in [1.82, 2.24) is 0 Å². The van der Waals surface area contributed by atoms with E-state index in [9.17, 15) is 0 Å². The molecule has 0 unspecified atom stereocenters. The van der Waals surface area contributed by atoms with Crippen LogP contribution >= 0.6 is 11.8 Å². The monoisotopic (exact) mass is 336 g/mol. The van der Waals surface area contributed by atoms with Crippen LogP contribution in [-0.4, -0.2) is 7.11 Å². The van der Waals surface area contributed by atoms with Crippen molar-refractivity contribution >= 4 is 23.1 Å². The van der Waals surface area contributed by atoms with E-state index in [4.69, 9.17) is 10.5 Å². The van der Waals surface area contributed by atoms with Gasteiger partial charge in [-0.2, -0.15) is 0 Å². The SMILES string of the molecule is COc1ccc(Sc2ccc(NCc3ccccc3)cc2N)cc1. The van der Waals surface area contributed by atoms with Crippen molar-refractivity contribution in [3.05, 3.63) is 78.4 Å². The highest BCUT2D eigenvalue weighted by molar-refractivity contribution is 7.99. The normalized spacial score (nSPS) is 10.4. The number of hydrogen-bond acceptors (Lipinski definition) is 4. The van der Waals surface area contributed by atoms with Gasteiger partial charge in [-0.3, -0.25) is 0 Å². The minimum atomic E-state index is 0.772. The number of rotatable bonds is 6. The van der Waals surface area contributed by atoms with Crippen LogP contribution in [0, 0.1) is 0 Å². The lowest BCUT2D eigenvalue weighted by atomic mass is 10.2. The third kappa shape index (κ3) is 4.24. The Balaban J connectivity index is 1.65. The zero-order chi connectivity index (χ0) is 16.8. The molecule has 3 aromatic carbocycles. The van der Waals surface area contributed by atoms with Crippen LogP contribution in [0.2, 0.25) is 0 Å². The van der Waals surface area contributed by atoms with Crippen molar-refractivity contribution in [1.29, 1.82) is 0 Å². The summed E-state index contributed by atoms with van der Waals surface area (Å²) < 4.78 is 5.18. The predicted octanol–water partition coefficient (Wildman–Crippen LogP) is 5.04. The van der Waals surface area contributed by atoms with Crippen LogP contribution in [0.5, 0.6) is 5.75 Å². The van der Waals surface area contributed by atoms with Gasteiger partial charge in [-0.1, -0.05) is 42.1 Å².